The van der Waals surface area contributed by atoms with E-state index in [-0.39, 0.29) is 37.5 Å². The van der Waals surface area contributed by atoms with Crippen LogP contribution in [-0.2, 0) is 28.6 Å². The van der Waals surface area contributed by atoms with Gasteiger partial charge in [-0.1, -0.05) is 279 Å². The van der Waals surface area contributed by atoms with Gasteiger partial charge in [-0.2, -0.15) is 0 Å². The van der Waals surface area contributed by atoms with Crippen LogP contribution in [0.15, 0.2) is 97.2 Å². The molecule has 0 spiro atoms. The second kappa shape index (κ2) is 64.9. The summed E-state index contributed by atoms with van der Waals surface area (Å²) >= 11 is 0. The number of rotatable bonds is 59. The van der Waals surface area contributed by atoms with Gasteiger partial charge in [0.1, 0.15) is 13.2 Å². The van der Waals surface area contributed by atoms with E-state index >= 15 is 0 Å². The summed E-state index contributed by atoms with van der Waals surface area (Å²) in [6, 6.07) is 0. The van der Waals surface area contributed by atoms with Gasteiger partial charge in [0.05, 0.1) is 0 Å². The van der Waals surface area contributed by atoms with Crippen LogP contribution in [0.3, 0.4) is 0 Å². The number of hydrogen-bond acceptors (Lipinski definition) is 6. The largest absolute Gasteiger partial charge is 0.462 e. The Hall–Kier alpha value is -3.67. The summed E-state index contributed by atoms with van der Waals surface area (Å²) in [6.45, 7) is 6.55. The van der Waals surface area contributed by atoms with Crippen molar-refractivity contribution in [2.45, 2.75) is 322 Å². The summed E-state index contributed by atoms with van der Waals surface area (Å²) in [4.78, 5) is 38.3. The smallest absolute Gasteiger partial charge is 0.306 e. The minimum atomic E-state index is -0.812. The summed E-state index contributed by atoms with van der Waals surface area (Å²) in [6.07, 6.45) is 87.0. The molecule has 0 aliphatic rings. The van der Waals surface area contributed by atoms with Crippen LogP contribution in [-0.4, -0.2) is 37.2 Å². The van der Waals surface area contributed by atoms with E-state index in [2.05, 4.69) is 112 Å². The molecule has 1 atom stereocenters. The Morgan fingerprint density at radius 1 is 0.260 bits per heavy atom. The summed E-state index contributed by atoms with van der Waals surface area (Å²) in [5.41, 5.74) is 0. The molecule has 0 amide bonds. The average Bonchev–Trinajstić information content (AvgIpc) is 3.43. The molecule has 77 heavy (non-hydrogen) atoms. The number of unbranched alkanes of at least 4 members (excludes halogenated alkanes) is 32. The van der Waals surface area contributed by atoms with E-state index in [1.807, 2.05) is 6.08 Å². The zero-order chi connectivity index (χ0) is 55.7. The highest BCUT2D eigenvalue weighted by Gasteiger charge is 2.19. The Morgan fingerprint density at radius 3 is 0.844 bits per heavy atom. The maximum atomic E-state index is 12.9. The fourth-order valence-electron chi connectivity index (χ4n) is 9.10. The van der Waals surface area contributed by atoms with Crippen molar-refractivity contribution in [1.29, 1.82) is 0 Å². The highest BCUT2D eigenvalue weighted by Crippen LogP contribution is 2.16. The topological polar surface area (TPSA) is 78.9 Å². The van der Waals surface area contributed by atoms with Gasteiger partial charge >= 0.3 is 17.9 Å². The fourth-order valence-corrected chi connectivity index (χ4v) is 9.10. The molecule has 0 heterocycles. The third kappa shape index (κ3) is 63.0. The van der Waals surface area contributed by atoms with Gasteiger partial charge in [-0.25, -0.2) is 0 Å². The summed E-state index contributed by atoms with van der Waals surface area (Å²) in [5.74, 6) is -0.982. The molecule has 0 aromatic rings. The third-order valence-electron chi connectivity index (χ3n) is 14.0. The molecule has 442 valence electrons. The van der Waals surface area contributed by atoms with Crippen LogP contribution in [0.4, 0.5) is 0 Å². The summed E-state index contributed by atoms with van der Waals surface area (Å²) in [7, 11) is 0. The normalized spacial score (nSPS) is 12.7. The van der Waals surface area contributed by atoms with Gasteiger partial charge in [-0.05, 0) is 116 Å². The first-order valence-electron chi connectivity index (χ1n) is 32.7. The highest BCUT2D eigenvalue weighted by atomic mass is 16.6. The van der Waals surface area contributed by atoms with Crippen LogP contribution in [0.1, 0.15) is 316 Å². The summed E-state index contributed by atoms with van der Waals surface area (Å²) in [5, 5.41) is 0. The van der Waals surface area contributed by atoms with Crippen LogP contribution < -0.4 is 0 Å². The Labute approximate surface area is 477 Å². The van der Waals surface area contributed by atoms with E-state index in [4.69, 9.17) is 14.2 Å². The zero-order valence-corrected chi connectivity index (χ0v) is 50.7. The van der Waals surface area contributed by atoms with Gasteiger partial charge in [-0.15, -0.1) is 0 Å². The first-order chi connectivity index (χ1) is 38.0. The number of allylic oxidation sites excluding steroid dienone is 16. The molecule has 0 saturated heterocycles. The lowest BCUT2D eigenvalue weighted by molar-refractivity contribution is -0.166. The monoisotopic (exact) mass is 1070 g/mol. The molecule has 0 aliphatic carbocycles. The second-order valence-electron chi connectivity index (χ2n) is 21.7. The molecule has 0 bridgehead atoms. The van der Waals surface area contributed by atoms with Crippen LogP contribution in [0.2, 0.25) is 0 Å². The van der Waals surface area contributed by atoms with Crippen LogP contribution in [0, 0.1) is 0 Å². The van der Waals surface area contributed by atoms with Crippen LogP contribution >= 0.6 is 0 Å². The van der Waals surface area contributed by atoms with E-state index in [1.54, 1.807) is 0 Å². The molecule has 0 aromatic heterocycles. The molecule has 6 heteroatoms. The van der Waals surface area contributed by atoms with Crippen LogP contribution in [0.25, 0.3) is 0 Å². The Kier molecular flexibility index (Phi) is 61.8. The Bertz CT molecular complexity index is 1510. The quantitative estimate of drug-likeness (QED) is 0.0261. The van der Waals surface area contributed by atoms with Gasteiger partial charge in [0.15, 0.2) is 6.10 Å². The Morgan fingerprint density at radius 2 is 0.494 bits per heavy atom. The number of carbonyl (C=O) groups excluding carboxylic acids is 3. The lowest BCUT2D eigenvalue weighted by atomic mass is 10.0. The highest BCUT2D eigenvalue weighted by molar-refractivity contribution is 5.71. The zero-order valence-electron chi connectivity index (χ0n) is 50.7. The molecule has 6 nitrogen and oxygen atoms in total. The molecule has 0 rings (SSSR count). The van der Waals surface area contributed by atoms with Crippen molar-refractivity contribution in [2.75, 3.05) is 13.2 Å². The van der Waals surface area contributed by atoms with E-state index in [0.29, 0.717) is 19.3 Å². The lowest BCUT2D eigenvalue weighted by Gasteiger charge is -2.18. The Balaban J connectivity index is 4.47. The van der Waals surface area contributed by atoms with Crippen molar-refractivity contribution in [2.24, 2.45) is 0 Å². The van der Waals surface area contributed by atoms with Gasteiger partial charge in [0.2, 0.25) is 0 Å². The van der Waals surface area contributed by atoms with Crippen LogP contribution in [0.5, 0.6) is 0 Å². The van der Waals surface area contributed by atoms with E-state index in [0.717, 1.165) is 70.6 Å². The summed E-state index contributed by atoms with van der Waals surface area (Å²) < 4.78 is 16.9. The predicted molar refractivity (Wildman–Crippen MR) is 334 cm³/mol. The molecular formula is C71H122O6. The van der Waals surface area contributed by atoms with Gasteiger partial charge < -0.3 is 14.2 Å². The predicted octanol–water partition coefficient (Wildman–Crippen LogP) is 22.4. The molecule has 0 N–H and O–H groups in total. The molecule has 0 fully saturated rings. The lowest BCUT2D eigenvalue weighted by Crippen LogP contribution is -2.30. The van der Waals surface area contributed by atoms with E-state index < -0.39 is 6.10 Å². The van der Waals surface area contributed by atoms with Gasteiger partial charge in [0, 0.05) is 19.3 Å². The van der Waals surface area contributed by atoms with Crippen molar-refractivity contribution in [3.8, 4) is 0 Å². The van der Waals surface area contributed by atoms with Crippen molar-refractivity contribution in [3.63, 3.8) is 0 Å². The second-order valence-corrected chi connectivity index (χ2v) is 21.7. The number of hydrogen-bond donors (Lipinski definition) is 0. The average molecular weight is 1070 g/mol. The van der Waals surface area contributed by atoms with Gasteiger partial charge in [-0.3, -0.25) is 14.4 Å². The SMILES string of the molecule is CCCCC/C=C\C/C=C\C/C=C\C/C=C\C/C=C\CCC(=O)OC[C@H](COC(=O)CCCCCCCCCCC/C=C\C/C=C\CCCCC)OC(=O)CCCCCCCCCCCCC/C=C\CCCCCCCC. The minimum absolute atomic E-state index is 0.102. The van der Waals surface area contributed by atoms with E-state index in [1.165, 1.54) is 199 Å². The van der Waals surface area contributed by atoms with Crippen molar-refractivity contribution in [3.05, 3.63) is 97.2 Å². The molecule has 0 aliphatic heterocycles. The number of carbonyl (C=O) groups is 3. The molecular weight excluding hydrogens is 949 g/mol. The number of esters is 3. The molecule has 0 saturated carbocycles. The van der Waals surface area contributed by atoms with Crippen molar-refractivity contribution in [1.82, 2.24) is 0 Å². The maximum absolute atomic E-state index is 12.9. The van der Waals surface area contributed by atoms with Crippen molar-refractivity contribution < 1.29 is 28.6 Å². The standard InChI is InChI=1S/C71H122O6/c1-4-7-10-13-16-19-22-25-28-31-34-35-38-41-44-47-50-53-56-59-62-65-71(74)77-68(66-75-69(72)63-60-57-54-51-48-45-42-39-36-32-29-26-23-20-17-14-11-8-5-2)67-76-70(73)64-61-58-55-52-49-46-43-40-37-33-30-27-24-21-18-15-12-9-6-3/h17-18,20-21,25-30,36,39,45,48,54,57,68H,4-16,19,22-24,31-35,37-38,40-44,46-47,49-53,55-56,58-67H2,1-3H3/b20-17-,21-18-,28-25-,29-26-,30-27-,39-36-,48-45-,57-54-/t68-/m1/s1. The van der Waals surface area contributed by atoms with Crippen molar-refractivity contribution >= 4 is 17.9 Å². The molecule has 0 unspecified atom stereocenters. The molecule has 0 radical (unpaired) electrons. The molecule has 0 aromatic carbocycles. The maximum Gasteiger partial charge on any atom is 0.306 e. The first kappa shape index (κ1) is 73.3. The first-order valence-corrected chi connectivity index (χ1v) is 32.7. The number of ether oxygens (including phenoxy) is 3. The van der Waals surface area contributed by atoms with E-state index in [9.17, 15) is 14.4 Å². The minimum Gasteiger partial charge on any atom is -0.462 e. The van der Waals surface area contributed by atoms with Gasteiger partial charge in [0.25, 0.3) is 0 Å². The fraction of sp³-hybridized carbons (Fsp3) is 0.732. The third-order valence-corrected chi connectivity index (χ3v) is 14.0.